The number of hydrogen-bond donors (Lipinski definition) is 0. The molecule has 12 aliphatic heterocycles. The Labute approximate surface area is 776 Å². The second-order valence-electron chi connectivity index (χ2n) is 39.3. The van der Waals surface area contributed by atoms with Crippen LogP contribution in [0.15, 0.2) is 247 Å². The normalized spacial score (nSPS) is 24.7. The molecule has 10 bridgehead atoms. The highest BCUT2D eigenvalue weighted by atomic mass is 16.4. The molecule has 0 N–H and O–H groups in total. The van der Waals surface area contributed by atoms with Crippen molar-refractivity contribution in [3.63, 3.8) is 0 Å². The van der Waals surface area contributed by atoms with Gasteiger partial charge in [0.1, 0.15) is 0 Å². The molecule has 2 aliphatic carbocycles. The number of anilines is 6. The van der Waals surface area contributed by atoms with E-state index in [0.29, 0.717) is 66.5 Å². The quantitative estimate of drug-likeness (QED) is 0.160. The molecule has 0 radical (unpaired) electrons. The van der Waals surface area contributed by atoms with Gasteiger partial charge in [-0.3, -0.25) is 19.6 Å². The van der Waals surface area contributed by atoms with Gasteiger partial charge in [-0.25, -0.2) is 24.9 Å². The summed E-state index contributed by atoms with van der Waals surface area (Å²) < 4.78 is 31.5. The lowest BCUT2D eigenvalue weighted by Gasteiger charge is -2.47. The molecular formula is C113H117N15O5. The third-order valence-electron chi connectivity index (χ3n) is 32.4. The lowest BCUT2D eigenvalue weighted by molar-refractivity contribution is 0.131. The summed E-state index contributed by atoms with van der Waals surface area (Å²) in [6, 6.07) is 72.9. The molecule has 12 unspecified atom stereocenters. The molecule has 12 atom stereocenters. The fourth-order valence-electron chi connectivity index (χ4n) is 25.5. The number of nitrogens with zero attached hydrogens (tertiary/aromatic N) is 15. The van der Waals surface area contributed by atoms with Crippen LogP contribution in [0.25, 0.3) is 110 Å². The van der Waals surface area contributed by atoms with Gasteiger partial charge in [0.15, 0.2) is 27.9 Å². The maximum absolute atomic E-state index is 6.33. The zero-order valence-electron chi connectivity index (χ0n) is 78.4. The molecule has 133 heavy (non-hydrogen) atoms. The van der Waals surface area contributed by atoms with Crippen molar-refractivity contribution in [2.75, 3.05) is 69.7 Å². The monoisotopic (exact) mass is 1760 g/mol. The second kappa shape index (κ2) is 33.1. The summed E-state index contributed by atoms with van der Waals surface area (Å²) >= 11 is 0. The largest absolute Gasteiger partial charge is 0.436 e. The van der Waals surface area contributed by atoms with E-state index in [0.717, 1.165) is 139 Å². The zero-order valence-corrected chi connectivity index (χ0v) is 78.4. The summed E-state index contributed by atoms with van der Waals surface area (Å²) in [5, 5.41) is 11.3. The van der Waals surface area contributed by atoms with Gasteiger partial charge in [-0.1, -0.05) is 127 Å². The highest BCUT2D eigenvalue weighted by Gasteiger charge is 2.49. The van der Waals surface area contributed by atoms with Crippen molar-refractivity contribution >= 4 is 144 Å². The first-order valence-corrected chi connectivity index (χ1v) is 48.7. The van der Waals surface area contributed by atoms with E-state index in [4.69, 9.17) is 22.1 Å². The van der Waals surface area contributed by atoms with Gasteiger partial charge in [0.05, 0.1) is 71.3 Å². The highest BCUT2D eigenvalue weighted by Crippen LogP contribution is 2.56. The van der Waals surface area contributed by atoms with Gasteiger partial charge < -0.3 is 51.5 Å². The maximum atomic E-state index is 6.33. The summed E-state index contributed by atoms with van der Waals surface area (Å²) in [5.74, 6) is 0. The Morgan fingerprint density at radius 1 is 0.278 bits per heavy atom. The minimum Gasteiger partial charge on any atom is -0.436 e. The number of furan rings is 5. The molecule has 14 aliphatic rings. The molecule has 32 rings (SSSR count). The molecule has 10 aromatic heterocycles. The number of para-hydroxylation sites is 1. The van der Waals surface area contributed by atoms with Crippen molar-refractivity contribution in [3.8, 4) is 0 Å². The Kier molecular flexibility index (Phi) is 20.7. The van der Waals surface area contributed by atoms with Crippen molar-refractivity contribution in [2.45, 2.75) is 220 Å². The number of aromatic nitrogens is 5. The van der Waals surface area contributed by atoms with Crippen molar-refractivity contribution in [3.05, 3.63) is 281 Å². The highest BCUT2D eigenvalue weighted by molar-refractivity contribution is 6.13. The smallest absolute Gasteiger partial charge is 0.227 e. The first-order chi connectivity index (χ1) is 65.0. The first-order valence-electron chi connectivity index (χ1n) is 48.7. The third-order valence-corrected chi connectivity index (χ3v) is 32.4. The predicted molar refractivity (Wildman–Crippen MR) is 538 cm³/mol. The van der Waals surface area contributed by atoms with E-state index < -0.39 is 0 Å². The molecule has 18 aromatic rings. The van der Waals surface area contributed by atoms with E-state index >= 15 is 0 Å². The number of aryl methyl sites for hydroxylation is 5. The minimum absolute atomic E-state index is 0.279. The number of fused-ring (bicyclic) bond motifs is 32. The van der Waals surface area contributed by atoms with Gasteiger partial charge in [-0.15, -0.1) is 0 Å². The van der Waals surface area contributed by atoms with Gasteiger partial charge in [-0.05, 0) is 276 Å². The van der Waals surface area contributed by atoms with Crippen LogP contribution in [0.3, 0.4) is 0 Å². The van der Waals surface area contributed by atoms with Crippen LogP contribution in [0.5, 0.6) is 0 Å². The molecule has 20 nitrogen and oxygen atoms in total. The summed E-state index contributed by atoms with van der Waals surface area (Å²) in [4.78, 5) is 48.1. The molecule has 9 fully saturated rings. The summed E-state index contributed by atoms with van der Waals surface area (Å²) in [5.41, 5.74) is 29.7. The molecule has 674 valence electrons. The molecule has 22 heterocycles. The van der Waals surface area contributed by atoms with Crippen LogP contribution in [0.4, 0.5) is 34.1 Å². The molecule has 0 amide bonds. The fraction of sp³-hybridized carbons (Fsp3) is 0.354. The SMILES string of the molecule is Cc1ccc2c(oc3ncccc32)c1N1C2CC(c3ccccc32)N(C)C1C.Cc1ccc2c(oc3ncccc32)c1N1C2CCC(CC2)N(C)C1C.Cc1ccc2c(oc3ncccc32)c1N1C2CCCN(CC2)C1C.Cc1ccc2c(oc3ncccc32)c1N1C2CCN(Cc3ccccc32)C1C.Cc1ccc2c(oc3ncccc32)c1N1C2CCN(c3ccccc3C2)C1C. The van der Waals surface area contributed by atoms with Crippen molar-refractivity contribution in [2.24, 2.45) is 0 Å². The first kappa shape index (κ1) is 83.2. The molecular weight excluding hydrogens is 1650 g/mol. The van der Waals surface area contributed by atoms with Crippen LogP contribution in [0.1, 0.15) is 173 Å². The number of benzene rings is 8. The van der Waals surface area contributed by atoms with Crippen LogP contribution < -0.4 is 29.4 Å². The Hall–Kier alpha value is -12.9. The minimum atomic E-state index is 0.279. The van der Waals surface area contributed by atoms with Crippen LogP contribution in [0, 0.1) is 34.6 Å². The van der Waals surface area contributed by atoms with Gasteiger partial charge in [0.2, 0.25) is 28.6 Å². The molecule has 0 spiro atoms. The summed E-state index contributed by atoms with van der Waals surface area (Å²) in [6.07, 6.45) is 24.2. The topological polar surface area (TPSA) is 163 Å². The average molecular weight is 1770 g/mol. The van der Waals surface area contributed by atoms with Gasteiger partial charge in [-0.2, -0.15) is 0 Å². The fourth-order valence-corrected chi connectivity index (χ4v) is 25.5. The van der Waals surface area contributed by atoms with E-state index in [1.807, 2.05) is 30.3 Å². The Morgan fingerprint density at radius 3 is 1.13 bits per heavy atom. The number of hydrogen-bond acceptors (Lipinski definition) is 20. The molecule has 20 heteroatoms. The van der Waals surface area contributed by atoms with E-state index in [9.17, 15) is 0 Å². The summed E-state index contributed by atoms with van der Waals surface area (Å²) in [6.45, 7) is 28.3. The molecule has 8 saturated heterocycles. The Morgan fingerprint density at radius 2 is 0.647 bits per heavy atom. The van der Waals surface area contributed by atoms with Gasteiger partial charge in [0, 0.05) is 153 Å². The maximum Gasteiger partial charge on any atom is 0.227 e. The Bertz CT molecular complexity index is 7410. The van der Waals surface area contributed by atoms with Crippen LogP contribution >= 0.6 is 0 Å². The third kappa shape index (κ3) is 13.6. The van der Waals surface area contributed by atoms with Gasteiger partial charge in [0.25, 0.3) is 0 Å². The number of pyridine rings is 5. The van der Waals surface area contributed by atoms with E-state index in [1.165, 1.54) is 159 Å². The molecule has 1 saturated carbocycles. The van der Waals surface area contributed by atoms with Crippen LogP contribution in [0.2, 0.25) is 0 Å². The number of rotatable bonds is 5. The Balaban J connectivity index is 0.0000000916. The predicted octanol–water partition coefficient (Wildman–Crippen LogP) is 25.3. The van der Waals surface area contributed by atoms with E-state index in [1.54, 1.807) is 31.0 Å². The van der Waals surface area contributed by atoms with Crippen molar-refractivity contribution in [1.82, 2.24) is 44.5 Å². The van der Waals surface area contributed by atoms with Crippen molar-refractivity contribution in [1.29, 1.82) is 0 Å². The standard InChI is InChI=1S/3C24H23N3O.C21H25N3O.C20H23N3O/c1-14-10-11-18-19-9-6-12-25-24(19)28-23(18)22(14)27-15(2)26(3)20-13-21(27)17-8-5-4-7-16(17)20;1-15-9-10-19-20-7-5-12-25-24(20)28-23(19)22(15)27-16(2)26-13-11-18(27)14-17-6-3-4-8-21(17)26;1-15-9-10-19-20-8-5-12-25-24(20)28-23(19)22(15)27-16(2)26-13-11-21(27)18-7-4-3-6-17(18)14-26;1-13-6-11-17-18-5-4-12-22-21(18)25-20(17)19(13)24-14(2)23(3)15-7-9-16(24)10-8-15;1-13-7-8-16-17-6-3-10-21-20(17)24-19(16)18(13)23-14(2)22-11-4-5-15(23)9-12-22/h4-12,15,20-21H,13H2,1-3H3;3-10,12,16,18H,11,13-14H2,1-2H3;3-10,12,16,21H,11,13-14H2,1-2H3;4-6,11-12,14-16H,7-10H2,1-3H3;3,6-8,10,14-15H,4-5,9,11-12H2,1-2H3. The zero-order chi connectivity index (χ0) is 90.0. The van der Waals surface area contributed by atoms with E-state index in [2.05, 4.69) is 321 Å². The van der Waals surface area contributed by atoms with Gasteiger partial charge >= 0.3 is 0 Å². The van der Waals surface area contributed by atoms with E-state index in [-0.39, 0.29) is 12.3 Å². The lowest BCUT2D eigenvalue weighted by atomic mass is 9.91. The second-order valence-corrected chi connectivity index (χ2v) is 39.3. The van der Waals surface area contributed by atoms with Crippen LogP contribution in [-0.2, 0) is 13.0 Å². The average Bonchev–Trinajstić information content (AvgIpc) is 1.57. The molecule has 8 aromatic carbocycles. The van der Waals surface area contributed by atoms with Crippen LogP contribution in [-0.4, -0.2) is 140 Å². The summed E-state index contributed by atoms with van der Waals surface area (Å²) in [7, 11) is 4.53. The van der Waals surface area contributed by atoms with Crippen molar-refractivity contribution < 1.29 is 22.1 Å². The lowest BCUT2D eigenvalue weighted by Crippen LogP contribution is -2.56.